The molecular weight excluding hydrogens is 761 g/mol. The van der Waals surface area contributed by atoms with Crippen LogP contribution in [0.4, 0.5) is 5.82 Å². The van der Waals surface area contributed by atoms with Crippen LogP contribution in [0.2, 0.25) is 0 Å². The van der Waals surface area contributed by atoms with Crippen LogP contribution in [0, 0.1) is 0 Å². The van der Waals surface area contributed by atoms with E-state index < -0.39 is 91.7 Å². The Morgan fingerprint density at radius 2 is 1.62 bits per heavy atom. The Labute approximate surface area is 283 Å². The summed E-state index contributed by atoms with van der Waals surface area (Å²) in [7, 11) is -16.3. The second-order valence-electron chi connectivity index (χ2n) is 10.6. The van der Waals surface area contributed by atoms with E-state index in [1.54, 1.807) is 6.26 Å². The summed E-state index contributed by atoms with van der Waals surface area (Å²) in [4.78, 5) is 62.8. The first-order chi connectivity index (χ1) is 23.3. The topological polar surface area (TPSA) is 359 Å². The van der Waals surface area contributed by atoms with Crippen molar-refractivity contribution in [1.82, 2.24) is 19.5 Å². The molecule has 5 rings (SSSR count). The maximum Gasteiger partial charge on any atom is 0.481 e. The van der Waals surface area contributed by atoms with E-state index >= 15 is 0 Å². The van der Waals surface area contributed by atoms with Crippen LogP contribution in [0.1, 0.15) is 22.8 Å². The minimum Gasteiger partial charge on any atom is -0.477 e. The van der Waals surface area contributed by atoms with Gasteiger partial charge in [0, 0.05) is 0 Å². The zero-order valence-corrected chi connectivity index (χ0v) is 28.6. The maximum atomic E-state index is 12.6. The van der Waals surface area contributed by atoms with Gasteiger partial charge in [-0.15, -0.1) is 11.8 Å². The number of aliphatic hydroxyl groups excluding tert-OH is 3. The quantitative estimate of drug-likeness (QED) is 0.0505. The summed E-state index contributed by atoms with van der Waals surface area (Å²) in [6.07, 6.45) is -7.03. The van der Waals surface area contributed by atoms with Crippen molar-refractivity contribution in [2.24, 2.45) is 0 Å². The maximum absolute atomic E-state index is 12.6. The molecule has 10 N–H and O–H groups in total. The Kier molecular flexibility index (Phi) is 11.5. The molecular formula is C22H30N6O18P3S+. The highest BCUT2D eigenvalue weighted by atomic mass is 32.2. The lowest BCUT2D eigenvalue weighted by Gasteiger charge is -2.22. The fourth-order valence-electron chi connectivity index (χ4n) is 4.98. The molecule has 0 bridgehead atoms. The number of nitrogen functional groups attached to an aromatic ring is 1. The lowest BCUT2D eigenvalue weighted by molar-refractivity contribution is -0.767. The molecule has 0 saturated carbocycles. The number of fused-ring (bicyclic) bond motifs is 1. The van der Waals surface area contributed by atoms with Crippen molar-refractivity contribution in [3.8, 4) is 0 Å². The number of carboxylic acid groups (broad SMARTS) is 1. The van der Waals surface area contributed by atoms with E-state index in [0.29, 0.717) is 4.90 Å². The van der Waals surface area contributed by atoms with E-state index in [4.69, 9.17) is 28.8 Å². The number of hydrogen-bond acceptors (Lipinski definition) is 18. The summed E-state index contributed by atoms with van der Waals surface area (Å²) in [5, 5.41) is 41.1. The Hall–Kier alpha value is -2.51. The van der Waals surface area contributed by atoms with E-state index in [0.717, 1.165) is 23.4 Å². The molecule has 3 aromatic rings. The number of anilines is 1. The zero-order chi connectivity index (χ0) is 36.8. The van der Waals surface area contributed by atoms with Crippen molar-refractivity contribution < 1.29 is 90.4 Å². The molecule has 5 heterocycles. The summed E-state index contributed by atoms with van der Waals surface area (Å²) in [6, 6.07) is 1.36. The molecule has 2 aliphatic heterocycles. The van der Waals surface area contributed by atoms with Crippen molar-refractivity contribution in [2.75, 3.05) is 25.2 Å². The highest BCUT2D eigenvalue weighted by Gasteiger charge is 2.51. The Balaban J connectivity index is 1.22. The molecule has 24 nitrogen and oxygen atoms in total. The molecule has 0 aromatic carbocycles. The molecule has 2 fully saturated rings. The number of pyridine rings is 1. The van der Waals surface area contributed by atoms with Crippen molar-refractivity contribution in [1.29, 1.82) is 0 Å². The first-order valence-electron chi connectivity index (χ1n) is 13.8. The van der Waals surface area contributed by atoms with Crippen LogP contribution in [-0.2, 0) is 41.1 Å². The van der Waals surface area contributed by atoms with Crippen LogP contribution in [0.15, 0.2) is 36.0 Å². The van der Waals surface area contributed by atoms with Crippen LogP contribution >= 0.6 is 35.2 Å². The molecule has 10 atom stereocenters. The van der Waals surface area contributed by atoms with Gasteiger partial charge in [-0.05, 0) is 12.3 Å². The highest BCUT2D eigenvalue weighted by molar-refractivity contribution is 7.98. The number of rotatable bonds is 14. The molecule has 2 saturated heterocycles. The summed E-state index contributed by atoms with van der Waals surface area (Å²) < 4.78 is 68.6. The van der Waals surface area contributed by atoms with Gasteiger partial charge in [0.2, 0.25) is 0 Å². The van der Waals surface area contributed by atoms with Gasteiger partial charge in [-0.25, -0.2) is 33.4 Å². The molecule has 0 radical (unpaired) electrons. The number of aromatic carboxylic acids is 1. The number of carbonyl (C=O) groups is 1. The minimum absolute atomic E-state index is 0.00241. The van der Waals surface area contributed by atoms with Gasteiger partial charge in [0.05, 0.1) is 24.4 Å². The highest BCUT2D eigenvalue weighted by Crippen LogP contribution is 2.61. The van der Waals surface area contributed by atoms with Crippen LogP contribution < -0.4 is 10.3 Å². The Bertz CT molecular complexity index is 1880. The predicted octanol–water partition coefficient (Wildman–Crippen LogP) is -1.58. The van der Waals surface area contributed by atoms with Gasteiger partial charge in [-0.2, -0.15) is 8.88 Å². The number of nitrogens with two attached hydrogens (primary N) is 1. The van der Waals surface area contributed by atoms with E-state index in [1.807, 2.05) is 0 Å². The van der Waals surface area contributed by atoms with Gasteiger partial charge < -0.3 is 55.2 Å². The fraction of sp³-hybridized carbons (Fsp3) is 0.500. The largest absolute Gasteiger partial charge is 0.481 e. The van der Waals surface area contributed by atoms with E-state index in [2.05, 4.69) is 19.3 Å². The lowest BCUT2D eigenvalue weighted by Crippen LogP contribution is -2.46. The van der Waals surface area contributed by atoms with E-state index in [9.17, 15) is 58.5 Å². The van der Waals surface area contributed by atoms with Gasteiger partial charge in [0.1, 0.15) is 47.9 Å². The van der Waals surface area contributed by atoms with Crippen LogP contribution in [0.5, 0.6) is 0 Å². The van der Waals surface area contributed by atoms with Crippen molar-refractivity contribution >= 4 is 58.2 Å². The number of ether oxygens (including phenoxy) is 2. The molecule has 50 heavy (non-hydrogen) atoms. The minimum atomic E-state index is -5.55. The third kappa shape index (κ3) is 8.74. The van der Waals surface area contributed by atoms with Crippen LogP contribution in [0.25, 0.3) is 11.2 Å². The standard InChI is InChI=1S/C22H29N6O18P3S/c1-50-10-2-9(22(32)33)3-27(4-10)20-16(31)14(29)11(43-20)5-41-48(37,38)46-49(39,40)42-6-12-15(30)17(45-47(34,35)36)21(44-12)28-8-26-13-18(23)24-7-25-19(13)28/h2-4,7-8,11-12,14-17,20-21,29-31H,5-6H2,1H3,(H6-,23,24,25,32,33,34,35,36,37,38,39,40)/p+1/t11-,12+,14-,15+,16-,17+,20-,21+/m0/s1. The number of phosphoric ester groups is 3. The molecule has 0 aliphatic carbocycles. The molecule has 0 spiro atoms. The van der Waals surface area contributed by atoms with Crippen LogP contribution in [0.3, 0.4) is 0 Å². The van der Waals surface area contributed by atoms with Crippen LogP contribution in [-0.4, -0.2) is 122 Å². The normalized spacial score (nSPS) is 29.6. The number of aromatic nitrogens is 5. The number of imidazole rings is 1. The first kappa shape index (κ1) is 38.7. The zero-order valence-electron chi connectivity index (χ0n) is 25.1. The molecule has 2 aliphatic rings. The number of aliphatic hydroxyl groups is 3. The molecule has 3 aromatic heterocycles. The molecule has 2 unspecified atom stereocenters. The summed E-state index contributed by atoms with van der Waals surface area (Å²) >= 11 is 1.18. The van der Waals surface area contributed by atoms with Gasteiger partial charge in [0.25, 0.3) is 6.23 Å². The lowest BCUT2D eigenvalue weighted by atomic mass is 10.1. The van der Waals surface area contributed by atoms with Crippen molar-refractivity contribution in [3.63, 3.8) is 0 Å². The fourth-order valence-corrected chi connectivity index (χ4v) is 8.09. The molecule has 0 amide bonds. The number of thioether (sulfide) groups is 1. The monoisotopic (exact) mass is 791 g/mol. The average molecular weight is 791 g/mol. The van der Waals surface area contributed by atoms with Crippen molar-refractivity contribution in [2.45, 2.75) is 54.0 Å². The van der Waals surface area contributed by atoms with Gasteiger partial charge >= 0.3 is 29.4 Å². The Morgan fingerprint density at radius 3 is 2.22 bits per heavy atom. The smallest absolute Gasteiger partial charge is 0.477 e. The van der Waals surface area contributed by atoms with Crippen molar-refractivity contribution in [3.05, 3.63) is 36.7 Å². The van der Waals surface area contributed by atoms with E-state index in [1.165, 1.54) is 28.6 Å². The summed E-state index contributed by atoms with van der Waals surface area (Å²) in [5.74, 6) is -1.35. The molecule has 28 heteroatoms. The number of phosphoric acid groups is 3. The number of nitrogens with zero attached hydrogens (tertiary/aromatic N) is 5. The third-order valence-electron chi connectivity index (χ3n) is 7.22. The average Bonchev–Trinajstić information content (AvgIpc) is 3.68. The summed E-state index contributed by atoms with van der Waals surface area (Å²) in [6.45, 7) is -2.07. The number of carboxylic acids is 1. The SMILES string of the molecule is CSc1cc(C(=O)O)c[n+]([C@H]2O[C@@H](COP(=O)(O)OP(=O)(O)OC[C@H]3O[C@@H](n4cnc5c(N)ncnc54)[C@H](OP(=O)(O)O)[C@@H]3O)[C@H](O)[C@@H]2O)c1. The second-order valence-corrected chi connectivity index (χ2v) is 15.7. The molecule has 276 valence electrons. The predicted molar refractivity (Wildman–Crippen MR) is 161 cm³/mol. The van der Waals surface area contributed by atoms with Gasteiger partial charge in [-0.1, -0.05) is 0 Å². The van der Waals surface area contributed by atoms with Gasteiger partial charge in [-0.3, -0.25) is 18.1 Å². The van der Waals surface area contributed by atoms with Gasteiger partial charge in [0.15, 0.2) is 36.2 Å². The second kappa shape index (κ2) is 14.8. The number of hydrogen-bond donors (Lipinski definition) is 9. The van der Waals surface area contributed by atoms with E-state index in [-0.39, 0.29) is 22.5 Å². The third-order valence-corrected chi connectivity index (χ3v) is 11.0. The summed E-state index contributed by atoms with van der Waals surface area (Å²) in [5.41, 5.74) is 5.65. The Morgan fingerprint density at radius 1 is 0.980 bits per heavy atom. The first-order valence-corrected chi connectivity index (χ1v) is 19.5.